The van der Waals surface area contributed by atoms with Crippen LogP contribution in [0.3, 0.4) is 0 Å². The molecule has 0 bridgehead atoms. The zero-order valence-electron chi connectivity index (χ0n) is 20.2. The Bertz CT molecular complexity index is 742. The fourth-order valence-electron chi connectivity index (χ4n) is 8.45. The molecule has 4 heteroatoms. The van der Waals surface area contributed by atoms with E-state index in [0.717, 1.165) is 37.5 Å². The lowest BCUT2D eigenvalue weighted by atomic mass is 9.48. The Hall–Kier alpha value is -1.32. The van der Waals surface area contributed by atoms with Crippen molar-refractivity contribution in [2.45, 2.75) is 98.0 Å². The molecule has 0 aromatic carbocycles. The second-order valence-electron chi connectivity index (χ2n) is 11.6. The van der Waals surface area contributed by atoms with E-state index in [2.05, 4.69) is 26.8 Å². The largest absolute Gasteiger partial charge is 0.469 e. The van der Waals surface area contributed by atoms with Gasteiger partial charge in [-0.1, -0.05) is 32.4 Å². The molecule has 4 rings (SSSR count). The Kier molecular flexibility index (Phi) is 6.31. The van der Waals surface area contributed by atoms with E-state index in [1.807, 2.05) is 0 Å². The first-order valence-corrected chi connectivity index (χ1v) is 12.6. The number of rotatable bonds is 5. The lowest BCUT2D eigenvalue weighted by Crippen LogP contribution is -2.49. The minimum absolute atomic E-state index is 0.0759. The van der Waals surface area contributed by atoms with Crippen LogP contribution in [0, 0.1) is 40.4 Å². The van der Waals surface area contributed by atoms with E-state index in [4.69, 9.17) is 9.47 Å². The number of methoxy groups -OCH3 is 1. The van der Waals surface area contributed by atoms with E-state index in [1.54, 1.807) is 5.57 Å². The van der Waals surface area contributed by atoms with Gasteiger partial charge in [-0.25, -0.2) is 0 Å². The van der Waals surface area contributed by atoms with Gasteiger partial charge in [0.1, 0.15) is 6.10 Å². The van der Waals surface area contributed by atoms with Gasteiger partial charge < -0.3 is 9.47 Å². The third kappa shape index (κ3) is 3.97. The molecule has 0 N–H and O–H groups in total. The van der Waals surface area contributed by atoms with E-state index in [1.165, 1.54) is 46.1 Å². The van der Waals surface area contributed by atoms with Crippen molar-refractivity contribution < 1.29 is 19.1 Å². The van der Waals surface area contributed by atoms with Crippen LogP contribution in [0.25, 0.3) is 0 Å². The molecule has 0 amide bonds. The minimum Gasteiger partial charge on any atom is -0.469 e. The Morgan fingerprint density at radius 1 is 1.16 bits per heavy atom. The number of ether oxygens (including phenoxy) is 2. The topological polar surface area (TPSA) is 52.6 Å². The maximum Gasteiger partial charge on any atom is 0.305 e. The summed E-state index contributed by atoms with van der Waals surface area (Å²) in [5.41, 5.74) is 2.40. The fourth-order valence-corrected chi connectivity index (χ4v) is 8.45. The Balaban J connectivity index is 1.50. The summed E-state index contributed by atoms with van der Waals surface area (Å²) >= 11 is 0. The van der Waals surface area contributed by atoms with Gasteiger partial charge in [-0.05, 0) is 98.2 Å². The van der Waals surface area contributed by atoms with Crippen LogP contribution in [-0.4, -0.2) is 25.2 Å². The Labute approximate surface area is 188 Å². The van der Waals surface area contributed by atoms with Crippen LogP contribution in [0.1, 0.15) is 91.9 Å². The molecule has 174 valence electrons. The van der Waals surface area contributed by atoms with Crippen molar-refractivity contribution in [3.8, 4) is 0 Å². The maximum atomic E-state index is 11.7. The summed E-state index contributed by atoms with van der Waals surface area (Å²) in [6.45, 7) is 8.95. The van der Waals surface area contributed by atoms with Gasteiger partial charge in [0, 0.05) is 13.3 Å². The summed E-state index contributed by atoms with van der Waals surface area (Å²) in [7, 11) is 1.49. The molecule has 0 saturated heterocycles. The van der Waals surface area contributed by atoms with Gasteiger partial charge in [0.25, 0.3) is 0 Å². The van der Waals surface area contributed by atoms with Crippen LogP contribution in [0.4, 0.5) is 0 Å². The van der Waals surface area contributed by atoms with Crippen molar-refractivity contribution in [3.63, 3.8) is 0 Å². The first-order valence-electron chi connectivity index (χ1n) is 12.6. The van der Waals surface area contributed by atoms with Crippen LogP contribution < -0.4 is 0 Å². The molecule has 0 heterocycles. The SMILES string of the molecule is COC(=O)CC[C@H](C)[C@@H]1CC[C@@H]2[C@@H]3CC[C@@H]4C[C@H](OC(C)=O)CC[C@]4(C)C3=CC[C@]21C. The molecule has 4 aliphatic rings. The lowest BCUT2D eigenvalue weighted by molar-refractivity contribution is -0.151. The third-order valence-electron chi connectivity index (χ3n) is 10.1. The Morgan fingerprint density at radius 3 is 2.65 bits per heavy atom. The van der Waals surface area contributed by atoms with Crippen LogP contribution in [0.15, 0.2) is 11.6 Å². The minimum atomic E-state index is -0.131. The van der Waals surface area contributed by atoms with Crippen LogP contribution in [0.5, 0.6) is 0 Å². The van der Waals surface area contributed by atoms with Gasteiger partial charge in [0.05, 0.1) is 7.11 Å². The number of allylic oxidation sites excluding steroid dienone is 2. The average Bonchev–Trinajstić information content (AvgIpc) is 3.09. The van der Waals surface area contributed by atoms with Crippen molar-refractivity contribution in [1.29, 1.82) is 0 Å². The van der Waals surface area contributed by atoms with E-state index in [0.29, 0.717) is 29.6 Å². The highest BCUT2D eigenvalue weighted by Gasteiger charge is 2.57. The summed E-state index contributed by atoms with van der Waals surface area (Å²) in [5, 5.41) is 0. The van der Waals surface area contributed by atoms with Gasteiger partial charge in [-0.3, -0.25) is 9.59 Å². The molecule has 4 aliphatic carbocycles. The standard InChI is InChI=1S/C27H42O4/c1-17(6-11-25(29)30-5)22-9-10-23-21-8-7-19-16-20(31-18(2)28)12-14-26(19,3)24(21)13-15-27(22,23)4/h13,17,19-23H,6-12,14-16H2,1-5H3/t17-,19+,20+,21-,22-,23+,26-,27-/m0/s1. The number of hydrogen-bond acceptors (Lipinski definition) is 4. The van der Waals surface area contributed by atoms with Crippen molar-refractivity contribution in [2.75, 3.05) is 7.11 Å². The second-order valence-corrected chi connectivity index (χ2v) is 11.6. The summed E-state index contributed by atoms with van der Waals surface area (Å²) in [4.78, 5) is 23.1. The number of hydrogen-bond donors (Lipinski definition) is 0. The van der Waals surface area contributed by atoms with E-state index < -0.39 is 0 Å². The third-order valence-corrected chi connectivity index (χ3v) is 10.1. The van der Waals surface area contributed by atoms with Crippen molar-refractivity contribution >= 4 is 11.9 Å². The smallest absolute Gasteiger partial charge is 0.305 e. The fraction of sp³-hybridized carbons (Fsp3) is 0.852. The summed E-state index contributed by atoms with van der Waals surface area (Å²) in [5.74, 6) is 3.21. The molecule has 0 aromatic heterocycles. The first-order chi connectivity index (χ1) is 14.7. The highest BCUT2D eigenvalue weighted by Crippen LogP contribution is 2.66. The van der Waals surface area contributed by atoms with Gasteiger partial charge in [0.2, 0.25) is 0 Å². The lowest BCUT2D eigenvalue weighted by Gasteiger charge is -2.57. The molecule has 3 fully saturated rings. The quantitative estimate of drug-likeness (QED) is 0.391. The first kappa shape index (κ1) is 22.9. The predicted octanol–water partition coefficient (Wildman–Crippen LogP) is 6.09. The van der Waals surface area contributed by atoms with Crippen molar-refractivity contribution in [3.05, 3.63) is 11.6 Å². The summed E-state index contributed by atoms with van der Waals surface area (Å²) < 4.78 is 10.5. The van der Waals surface area contributed by atoms with E-state index in [9.17, 15) is 9.59 Å². The van der Waals surface area contributed by atoms with Gasteiger partial charge in [0.15, 0.2) is 0 Å². The zero-order chi connectivity index (χ0) is 22.4. The summed E-state index contributed by atoms with van der Waals surface area (Å²) in [6.07, 6.45) is 13.8. The molecule has 3 saturated carbocycles. The summed E-state index contributed by atoms with van der Waals surface area (Å²) in [6, 6.07) is 0. The van der Waals surface area contributed by atoms with Gasteiger partial charge in [-0.15, -0.1) is 0 Å². The predicted molar refractivity (Wildman–Crippen MR) is 121 cm³/mol. The second kappa shape index (κ2) is 8.56. The number of carbonyl (C=O) groups excluding carboxylic acids is 2. The molecular weight excluding hydrogens is 388 g/mol. The molecule has 8 atom stereocenters. The molecule has 4 nitrogen and oxygen atoms in total. The van der Waals surface area contributed by atoms with E-state index in [-0.39, 0.29) is 23.5 Å². The van der Waals surface area contributed by atoms with Crippen molar-refractivity contribution in [1.82, 2.24) is 0 Å². The molecule has 0 aromatic rings. The molecule has 0 unspecified atom stereocenters. The highest BCUT2D eigenvalue weighted by molar-refractivity contribution is 5.69. The zero-order valence-corrected chi connectivity index (χ0v) is 20.2. The number of fused-ring (bicyclic) bond motifs is 5. The molecule has 0 radical (unpaired) electrons. The highest BCUT2D eigenvalue weighted by atomic mass is 16.5. The average molecular weight is 431 g/mol. The van der Waals surface area contributed by atoms with Crippen LogP contribution >= 0.6 is 0 Å². The van der Waals surface area contributed by atoms with E-state index >= 15 is 0 Å². The molecule has 0 spiro atoms. The normalized spacial score (nSPS) is 42.5. The molecular formula is C27H42O4. The van der Waals surface area contributed by atoms with Gasteiger partial charge in [-0.2, -0.15) is 0 Å². The van der Waals surface area contributed by atoms with Crippen LogP contribution in [0.2, 0.25) is 0 Å². The number of carbonyl (C=O) groups is 2. The molecule has 31 heavy (non-hydrogen) atoms. The van der Waals surface area contributed by atoms with Crippen molar-refractivity contribution in [2.24, 2.45) is 40.4 Å². The monoisotopic (exact) mass is 430 g/mol. The maximum absolute atomic E-state index is 11.7. The molecule has 0 aliphatic heterocycles. The Morgan fingerprint density at radius 2 is 1.94 bits per heavy atom. The van der Waals surface area contributed by atoms with Crippen LogP contribution in [-0.2, 0) is 19.1 Å². The van der Waals surface area contributed by atoms with Gasteiger partial charge >= 0.3 is 11.9 Å². The number of esters is 2.